The van der Waals surface area contributed by atoms with Crippen molar-refractivity contribution in [1.82, 2.24) is 9.88 Å². The molecule has 88 valence electrons. The van der Waals surface area contributed by atoms with Gasteiger partial charge in [0.05, 0.1) is 0 Å². The third kappa shape index (κ3) is 1.37. The van der Waals surface area contributed by atoms with Crippen LogP contribution in [0.15, 0.2) is 24.4 Å². The Morgan fingerprint density at radius 1 is 1.53 bits per heavy atom. The van der Waals surface area contributed by atoms with E-state index in [1.54, 1.807) is 4.90 Å². The van der Waals surface area contributed by atoms with Crippen LogP contribution in [0.2, 0.25) is 0 Å². The van der Waals surface area contributed by atoms with Crippen LogP contribution in [0.3, 0.4) is 0 Å². The third-order valence-electron chi connectivity index (χ3n) is 3.53. The van der Waals surface area contributed by atoms with Crippen LogP contribution in [0.4, 0.5) is 0 Å². The molecule has 3 N–H and O–H groups in total. The van der Waals surface area contributed by atoms with Gasteiger partial charge in [-0.15, -0.1) is 0 Å². The first kappa shape index (κ1) is 10.4. The molecule has 1 aromatic heterocycles. The second-order valence-electron chi connectivity index (χ2n) is 4.59. The van der Waals surface area contributed by atoms with Gasteiger partial charge in [-0.05, 0) is 17.7 Å². The van der Waals surface area contributed by atoms with Gasteiger partial charge in [0.15, 0.2) is 0 Å². The number of likely N-dealkylation sites (N-methyl/N-ethyl adjacent to an activating group) is 1. The molecule has 4 nitrogen and oxygen atoms in total. The molecule has 1 amide bonds. The fourth-order valence-corrected chi connectivity index (χ4v) is 2.63. The number of nitrogens with two attached hydrogens (primary N) is 1. The highest BCUT2D eigenvalue weighted by Crippen LogP contribution is 2.32. The molecule has 2 aromatic rings. The van der Waals surface area contributed by atoms with E-state index in [1.807, 2.05) is 31.4 Å². The highest BCUT2D eigenvalue weighted by molar-refractivity contribution is 6.08. The Morgan fingerprint density at radius 3 is 3.12 bits per heavy atom. The third-order valence-corrected chi connectivity index (χ3v) is 3.53. The quantitative estimate of drug-likeness (QED) is 0.774. The number of hydrogen-bond acceptors (Lipinski definition) is 2. The van der Waals surface area contributed by atoms with Crippen molar-refractivity contribution < 1.29 is 4.79 Å². The fourth-order valence-electron chi connectivity index (χ4n) is 2.63. The van der Waals surface area contributed by atoms with Crippen LogP contribution in [0, 0.1) is 0 Å². The number of H-pyrrole nitrogens is 1. The normalized spacial score (nSPS) is 19.8. The molecule has 0 saturated carbocycles. The largest absolute Gasteiger partial charge is 0.361 e. The van der Waals surface area contributed by atoms with E-state index in [1.165, 1.54) is 0 Å². The van der Waals surface area contributed by atoms with Gasteiger partial charge in [0.2, 0.25) is 0 Å². The van der Waals surface area contributed by atoms with Gasteiger partial charge < -0.3 is 15.6 Å². The molecule has 4 heteroatoms. The van der Waals surface area contributed by atoms with Crippen molar-refractivity contribution in [2.24, 2.45) is 5.73 Å². The summed E-state index contributed by atoms with van der Waals surface area (Å²) >= 11 is 0. The van der Waals surface area contributed by atoms with Crippen molar-refractivity contribution in [2.45, 2.75) is 5.92 Å². The number of nitrogens with zero attached hydrogens (tertiary/aromatic N) is 1. The summed E-state index contributed by atoms with van der Waals surface area (Å²) in [4.78, 5) is 17.2. The highest BCUT2D eigenvalue weighted by atomic mass is 16.2. The van der Waals surface area contributed by atoms with E-state index in [4.69, 9.17) is 5.73 Å². The van der Waals surface area contributed by atoms with Crippen LogP contribution in [0.5, 0.6) is 0 Å². The summed E-state index contributed by atoms with van der Waals surface area (Å²) in [5.74, 6) is 0.286. The van der Waals surface area contributed by atoms with Crippen LogP contribution in [-0.4, -0.2) is 35.9 Å². The summed E-state index contributed by atoms with van der Waals surface area (Å²) in [6, 6.07) is 5.79. The first-order valence-electron chi connectivity index (χ1n) is 5.78. The second-order valence-corrected chi connectivity index (χ2v) is 4.59. The molecular formula is C13H15N3O. The average Bonchev–Trinajstić information content (AvgIpc) is 2.74. The first-order valence-corrected chi connectivity index (χ1v) is 5.78. The van der Waals surface area contributed by atoms with Crippen LogP contribution < -0.4 is 5.73 Å². The molecule has 0 aliphatic carbocycles. The minimum atomic E-state index is 0.0763. The number of carbonyl (C=O) groups is 1. The molecule has 2 heterocycles. The van der Waals surface area contributed by atoms with Crippen molar-refractivity contribution in [1.29, 1.82) is 0 Å². The summed E-state index contributed by atoms with van der Waals surface area (Å²) < 4.78 is 0. The van der Waals surface area contributed by atoms with Gasteiger partial charge in [-0.2, -0.15) is 0 Å². The number of nitrogens with one attached hydrogen (secondary N) is 1. The predicted molar refractivity (Wildman–Crippen MR) is 67.1 cm³/mol. The maximum absolute atomic E-state index is 12.3. The molecule has 0 spiro atoms. The zero-order valence-corrected chi connectivity index (χ0v) is 9.73. The van der Waals surface area contributed by atoms with Gasteiger partial charge in [0.25, 0.3) is 5.91 Å². The van der Waals surface area contributed by atoms with Crippen molar-refractivity contribution in [2.75, 3.05) is 20.1 Å². The smallest absolute Gasteiger partial charge is 0.254 e. The minimum absolute atomic E-state index is 0.0763. The minimum Gasteiger partial charge on any atom is -0.361 e. The maximum atomic E-state index is 12.3. The Bertz CT molecular complexity index is 587. The van der Waals surface area contributed by atoms with E-state index >= 15 is 0 Å². The number of aromatic amines is 1. The van der Waals surface area contributed by atoms with Crippen LogP contribution in [0.1, 0.15) is 21.8 Å². The molecule has 1 aliphatic heterocycles. The fraction of sp³-hybridized carbons (Fsp3) is 0.308. The van der Waals surface area contributed by atoms with Gasteiger partial charge >= 0.3 is 0 Å². The highest BCUT2D eigenvalue weighted by Gasteiger charge is 2.27. The van der Waals surface area contributed by atoms with Crippen molar-refractivity contribution in [3.05, 3.63) is 35.5 Å². The molecule has 0 bridgehead atoms. The lowest BCUT2D eigenvalue weighted by Crippen LogP contribution is -2.31. The molecule has 1 atom stereocenters. The predicted octanol–water partition coefficient (Wildman–Crippen LogP) is 1.30. The summed E-state index contributed by atoms with van der Waals surface area (Å²) in [6.07, 6.45) is 1.98. The van der Waals surface area contributed by atoms with Crippen LogP contribution in [0.25, 0.3) is 10.9 Å². The molecule has 3 rings (SSSR count). The Morgan fingerprint density at radius 2 is 2.35 bits per heavy atom. The van der Waals surface area contributed by atoms with Gasteiger partial charge in [0.1, 0.15) is 0 Å². The molecular weight excluding hydrogens is 214 g/mol. The van der Waals surface area contributed by atoms with E-state index in [0.29, 0.717) is 13.1 Å². The van der Waals surface area contributed by atoms with Crippen molar-refractivity contribution >= 4 is 16.8 Å². The average molecular weight is 229 g/mol. The number of amides is 1. The lowest BCUT2D eigenvalue weighted by atomic mass is 9.97. The summed E-state index contributed by atoms with van der Waals surface area (Å²) in [7, 11) is 1.83. The Balaban J connectivity index is 2.34. The Labute approximate surface area is 99.4 Å². The second kappa shape index (κ2) is 3.60. The molecule has 17 heavy (non-hydrogen) atoms. The van der Waals surface area contributed by atoms with E-state index < -0.39 is 0 Å². The number of aromatic nitrogens is 1. The lowest BCUT2D eigenvalue weighted by Gasteiger charge is -2.19. The van der Waals surface area contributed by atoms with Gasteiger partial charge in [0, 0.05) is 48.7 Å². The molecule has 1 unspecified atom stereocenters. The molecule has 0 radical (unpaired) electrons. The number of hydrogen-bond donors (Lipinski definition) is 2. The zero-order valence-electron chi connectivity index (χ0n) is 9.73. The van der Waals surface area contributed by atoms with Crippen LogP contribution in [-0.2, 0) is 0 Å². The van der Waals surface area contributed by atoms with Crippen LogP contribution >= 0.6 is 0 Å². The van der Waals surface area contributed by atoms with E-state index in [2.05, 4.69) is 4.98 Å². The van der Waals surface area contributed by atoms with Gasteiger partial charge in [-0.1, -0.05) is 6.07 Å². The molecule has 0 saturated heterocycles. The van der Waals surface area contributed by atoms with Gasteiger partial charge in [-0.25, -0.2) is 0 Å². The maximum Gasteiger partial charge on any atom is 0.254 e. The molecule has 0 fully saturated rings. The monoisotopic (exact) mass is 229 g/mol. The summed E-state index contributed by atoms with van der Waals surface area (Å²) in [6.45, 7) is 1.23. The summed E-state index contributed by atoms with van der Waals surface area (Å²) in [5, 5.41) is 1.04. The Hall–Kier alpha value is -1.81. The van der Waals surface area contributed by atoms with E-state index in [-0.39, 0.29) is 11.8 Å². The Kier molecular flexibility index (Phi) is 2.19. The molecule has 1 aliphatic rings. The topological polar surface area (TPSA) is 62.1 Å². The SMILES string of the molecule is CN1CC(CN)c2c[nH]c3cccc(c23)C1=O. The standard InChI is InChI=1S/C13H15N3O/c1-16-7-8(5-14)10-6-15-11-4-2-3-9(12(10)11)13(16)17/h2-4,6,8,15H,5,7,14H2,1H3. The first-order chi connectivity index (χ1) is 8.22. The number of benzene rings is 1. The molecule has 1 aromatic carbocycles. The number of carbonyl (C=O) groups excluding carboxylic acids is 1. The van der Waals surface area contributed by atoms with E-state index in [0.717, 1.165) is 22.0 Å². The lowest BCUT2D eigenvalue weighted by molar-refractivity contribution is 0.0793. The number of rotatable bonds is 1. The van der Waals surface area contributed by atoms with Gasteiger partial charge in [-0.3, -0.25) is 4.79 Å². The summed E-state index contributed by atoms with van der Waals surface area (Å²) in [5.41, 5.74) is 8.77. The van der Waals surface area contributed by atoms with Crippen molar-refractivity contribution in [3.8, 4) is 0 Å². The van der Waals surface area contributed by atoms with E-state index in [9.17, 15) is 4.79 Å². The van der Waals surface area contributed by atoms with Crippen molar-refractivity contribution in [3.63, 3.8) is 0 Å². The zero-order chi connectivity index (χ0) is 12.0.